The summed E-state index contributed by atoms with van der Waals surface area (Å²) in [5.74, 6) is 0.0317. The molecule has 3 nitrogen and oxygen atoms in total. The number of carbonyl (C=O) groups excluding carboxylic acids is 1. The minimum atomic E-state index is 0.0317. The lowest BCUT2D eigenvalue weighted by Gasteiger charge is -2.13. The van der Waals surface area contributed by atoms with E-state index in [-0.39, 0.29) is 11.9 Å². The van der Waals surface area contributed by atoms with Crippen molar-refractivity contribution in [1.29, 1.82) is 0 Å². The van der Waals surface area contributed by atoms with Crippen LogP contribution in [0.1, 0.15) is 18.9 Å². The van der Waals surface area contributed by atoms with Crippen molar-refractivity contribution < 1.29 is 4.79 Å². The SMILES string of the molecule is C[C@H](CC(=O)Nc1ccccc1)NCc1ccccc1. The predicted octanol–water partition coefficient (Wildman–Crippen LogP) is 3.19. The molecule has 0 aromatic heterocycles. The average Bonchev–Trinajstić information content (AvgIpc) is 2.47. The first-order valence-electron chi connectivity index (χ1n) is 6.86. The van der Waals surface area contributed by atoms with Gasteiger partial charge in [-0.15, -0.1) is 0 Å². The van der Waals surface area contributed by atoms with Gasteiger partial charge in [0.2, 0.25) is 5.91 Å². The summed E-state index contributed by atoms with van der Waals surface area (Å²) in [4.78, 5) is 11.9. The van der Waals surface area contributed by atoms with Crippen molar-refractivity contribution >= 4 is 11.6 Å². The van der Waals surface area contributed by atoms with Gasteiger partial charge in [0.15, 0.2) is 0 Å². The van der Waals surface area contributed by atoms with Crippen molar-refractivity contribution in [3.8, 4) is 0 Å². The maximum absolute atomic E-state index is 11.9. The molecule has 0 aliphatic heterocycles. The molecule has 20 heavy (non-hydrogen) atoms. The van der Waals surface area contributed by atoms with Crippen LogP contribution in [0.3, 0.4) is 0 Å². The molecular formula is C17H20N2O. The van der Waals surface area contributed by atoms with Crippen molar-refractivity contribution in [3.63, 3.8) is 0 Å². The summed E-state index contributed by atoms with van der Waals surface area (Å²) in [6, 6.07) is 19.8. The van der Waals surface area contributed by atoms with E-state index >= 15 is 0 Å². The normalized spacial score (nSPS) is 11.8. The summed E-state index contributed by atoms with van der Waals surface area (Å²) in [7, 11) is 0. The number of anilines is 1. The molecule has 104 valence electrons. The Labute approximate surface area is 120 Å². The second-order valence-corrected chi connectivity index (χ2v) is 4.89. The van der Waals surface area contributed by atoms with E-state index in [4.69, 9.17) is 0 Å². The zero-order valence-electron chi connectivity index (χ0n) is 11.7. The fourth-order valence-corrected chi connectivity index (χ4v) is 1.97. The Hall–Kier alpha value is -2.13. The van der Waals surface area contributed by atoms with Crippen LogP contribution in [0, 0.1) is 0 Å². The Morgan fingerprint density at radius 3 is 2.25 bits per heavy atom. The third-order valence-corrected chi connectivity index (χ3v) is 3.05. The fourth-order valence-electron chi connectivity index (χ4n) is 1.97. The summed E-state index contributed by atoms with van der Waals surface area (Å²) in [5, 5.41) is 6.25. The molecule has 0 aliphatic rings. The van der Waals surface area contributed by atoms with Crippen molar-refractivity contribution in [2.45, 2.75) is 25.9 Å². The molecule has 0 spiro atoms. The molecule has 0 saturated heterocycles. The van der Waals surface area contributed by atoms with Crippen molar-refractivity contribution in [1.82, 2.24) is 5.32 Å². The number of para-hydroxylation sites is 1. The molecule has 2 aromatic carbocycles. The minimum absolute atomic E-state index is 0.0317. The van der Waals surface area contributed by atoms with E-state index in [1.165, 1.54) is 5.56 Å². The molecule has 0 aliphatic carbocycles. The molecule has 2 rings (SSSR count). The molecule has 0 unspecified atom stereocenters. The topological polar surface area (TPSA) is 41.1 Å². The standard InChI is InChI=1S/C17H20N2O/c1-14(18-13-15-8-4-2-5-9-15)12-17(20)19-16-10-6-3-7-11-16/h2-11,14,18H,12-13H2,1H3,(H,19,20)/t14-/m1/s1. The van der Waals surface area contributed by atoms with Crippen LogP contribution in [0.25, 0.3) is 0 Å². The number of amides is 1. The Bertz CT molecular complexity index is 525. The van der Waals surface area contributed by atoms with Crippen LogP contribution in [0.5, 0.6) is 0 Å². The zero-order valence-corrected chi connectivity index (χ0v) is 11.7. The quantitative estimate of drug-likeness (QED) is 0.844. The maximum atomic E-state index is 11.9. The van der Waals surface area contributed by atoms with Crippen LogP contribution in [-0.4, -0.2) is 11.9 Å². The molecule has 0 fully saturated rings. The van der Waals surface area contributed by atoms with Crippen LogP contribution >= 0.6 is 0 Å². The highest BCUT2D eigenvalue weighted by Crippen LogP contribution is 2.06. The summed E-state index contributed by atoms with van der Waals surface area (Å²) in [5.41, 5.74) is 2.07. The lowest BCUT2D eigenvalue weighted by atomic mass is 10.2. The molecule has 2 aromatic rings. The van der Waals surface area contributed by atoms with Crippen molar-refractivity contribution in [3.05, 3.63) is 66.2 Å². The second-order valence-electron chi connectivity index (χ2n) is 4.89. The summed E-state index contributed by atoms with van der Waals surface area (Å²) in [6.07, 6.45) is 0.460. The maximum Gasteiger partial charge on any atom is 0.225 e. The lowest BCUT2D eigenvalue weighted by Crippen LogP contribution is -2.30. The number of carbonyl (C=O) groups is 1. The van der Waals surface area contributed by atoms with Gasteiger partial charge < -0.3 is 10.6 Å². The zero-order chi connectivity index (χ0) is 14.2. The summed E-state index contributed by atoms with van der Waals surface area (Å²) in [6.45, 7) is 2.80. The Balaban J connectivity index is 1.74. The highest BCUT2D eigenvalue weighted by atomic mass is 16.1. The number of benzene rings is 2. The molecule has 0 bridgehead atoms. The highest BCUT2D eigenvalue weighted by molar-refractivity contribution is 5.90. The van der Waals surface area contributed by atoms with Gasteiger partial charge in [0.25, 0.3) is 0 Å². The molecular weight excluding hydrogens is 248 g/mol. The minimum Gasteiger partial charge on any atom is -0.326 e. The van der Waals surface area contributed by atoms with Gasteiger partial charge in [0, 0.05) is 24.7 Å². The van der Waals surface area contributed by atoms with Crippen LogP contribution in [-0.2, 0) is 11.3 Å². The Kier molecular flexibility index (Phi) is 5.33. The van der Waals surface area contributed by atoms with E-state index in [0.29, 0.717) is 6.42 Å². The third kappa shape index (κ3) is 4.86. The summed E-state index contributed by atoms with van der Waals surface area (Å²) >= 11 is 0. The summed E-state index contributed by atoms with van der Waals surface area (Å²) < 4.78 is 0. The first kappa shape index (κ1) is 14.3. The van der Waals surface area contributed by atoms with E-state index in [1.807, 2.05) is 55.5 Å². The smallest absolute Gasteiger partial charge is 0.225 e. The molecule has 0 saturated carbocycles. The van der Waals surface area contributed by atoms with E-state index in [0.717, 1.165) is 12.2 Å². The lowest BCUT2D eigenvalue weighted by molar-refractivity contribution is -0.116. The van der Waals surface area contributed by atoms with E-state index in [1.54, 1.807) is 0 Å². The van der Waals surface area contributed by atoms with Gasteiger partial charge in [-0.05, 0) is 24.6 Å². The molecule has 3 heteroatoms. The van der Waals surface area contributed by atoms with Crippen LogP contribution in [0.4, 0.5) is 5.69 Å². The number of hydrogen-bond donors (Lipinski definition) is 2. The first-order valence-corrected chi connectivity index (χ1v) is 6.86. The monoisotopic (exact) mass is 268 g/mol. The van der Waals surface area contributed by atoms with E-state index in [2.05, 4.69) is 22.8 Å². The number of nitrogens with one attached hydrogen (secondary N) is 2. The van der Waals surface area contributed by atoms with Gasteiger partial charge in [0.1, 0.15) is 0 Å². The van der Waals surface area contributed by atoms with Crippen LogP contribution < -0.4 is 10.6 Å². The van der Waals surface area contributed by atoms with Gasteiger partial charge in [-0.3, -0.25) is 4.79 Å². The molecule has 0 radical (unpaired) electrons. The van der Waals surface area contributed by atoms with Gasteiger partial charge in [0.05, 0.1) is 0 Å². The largest absolute Gasteiger partial charge is 0.326 e. The highest BCUT2D eigenvalue weighted by Gasteiger charge is 2.08. The van der Waals surface area contributed by atoms with Gasteiger partial charge in [-0.1, -0.05) is 48.5 Å². The van der Waals surface area contributed by atoms with Crippen LogP contribution in [0.15, 0.2) is 60.7 Å². The Morgan fingerprint density at radius 1 is 1.00 bits per heavy atom. The van der Waals surface area contributed by atoms with Gasteiger partial charge >= 0.3 is 0 Å². The van der Waals surface area contributed by atoms with Crippen molar-refractivity contribution in [2.24, 2.45) is 0 Å². The second kappa shape index (κ2) is 7.46. The van der Waals surface area contributed by atoms with Gasteiger partial charge in [-0.25, -0.2) is 0 Å². The average molecular weight is 268 g/mol. The van der Waals surface area contributed by atoms with Crippen LogP contribution in [0.2, 0.25) is 0 Å². The molecule has 1 amide bonds. The number of hydrogen-bond acceptors (Lipinski definition) is 2. The molecule has 0 heterocycles. The molecule has 1 atom stereocenters. The Morgan fingerprint density at radius 2 is 1.60 bits per heavy atom. The van der Waals surface area contributed by atoms with E-state index in [9.17, 15) is 4.79 Å². The third-order valence-electron chi connectivity index (χ3n) is 3.05. The molecule has 2 N–H and O–H groups in total. The first-order chi connectivity index (χ1) is 9.74. The number of rotatable bonds is 6. The van der Waals surface area contributed by atoms with Crippen molar-refractivity contribution in [2.75, 3.05) is 5.32 Å². The fraction of sp³-hybridized carbons (Fsp3) is 0.235. The van der Waals surface area contributed by atoms with Gasteiger partial charge in [-0.2, -0.15) is 0 Å². The predicted molar refractivity (Wildman–Crippen MR) is 82.4 cm³/mol. The van der Waals surface area contributed by atoms with E-state index < -0.39 is 0 Å².